The van der Waals surface area contributed by atoms with E-state index in [1.54, 1.807) is 16.7 Å². The highest BCUT2D eigenvalue weighted by molar-refractivity contribution is 9.10. The molecule has 6 aliphatic heterocycles. The number of halogens is 6. The van der Waals surface area contributed by atoms with Gasteiger partial charge in [0.25, 0.3) is 0 Å². The van der Waals surface area contributed by atoms with E-state index in [9.17, 15) is 28.8 Å². The summed E-state index contributed by atoms with van der Waals surface area (Å²) < 4.78 is 1.89. The third kappa shape index (κ3) is 23.4. The largest absolute Gasteiger partial charge is 0.351 e. The number of nitrogens with two attached hydrogens (primary N) is 2. The Morgan fingerprint density at radius 3 is 1.05 bits per heavy atom. The Balaban J connectivity index is 0.000000177. The molecule has 6 atom stereocenters. The average Bonchev–Trinajstić information content (AvgIpc) is 0.785. The van der Waals surface area contributed by atoms with E-state index in [1.165, 1.54) is 0 Å². The van der Waals surface area contributed by atoms with Gasteiger partial charge in [0.2, 0.25) is 23.6 Å². The van der Waals surface area contributed by atoms with Crippen LogP contribution in [0.5, 0.6) is 0 Å². The van der Waals surface area contributed by atoms with Gasteiger partial charge in [0.05, 0.1) is 45.3 Å². The van der Waals surface area contributed by atoms with Crippen LogP contribution < -0.4 is 11.5 Å². The summed E-state index contributed by atoms with van der Waals surface area (Å²) in [5.74, 6) is 1.68. The molecule has 111 heavy (non-hydrogen) atoms. The number of piperidine rings is 3. The summed E-state index contributed by atoms with van der Waals surface area (Å²) in [5.41, 5.74) is 16.8. The summed E-state index contributed by atoms with van der Waals surface area (Å²) in [7, 11) is 0. The van der Waals surface area contributed by atoms with Crippen LogP contribution in [0.4, 0.5) is 9.59 Å². The maximum atomic E-state index is 13.6. The molecule has 4 N–H and O–H groups in total. The van der Waals surface area contributed by atoms with E-state index in [-0.39, 0.29) is 100 Å². The Morgan fingerprint density at radius 2 is 0.748 bits per heavy atom. The molecule has 0 spiro atoms. The van der Waals surface area contributed by atoms with Crippen LogP contribution in [-0.2, 0) is 19.2 Å². The Kier molecular flexibility index (Phi) is 30.4. The van der Waals surface area contributed by atoms with Crippen molar-refractivity contribution in [1.29, 1.82) is 0 Å². The number of carbonyl (C=O) groups is 6. The molecule has 6 aliphatic rings. The Hall–Kier alpha value is -6.47. The van der Waals surface area contributed by atoms with Gasteiger partial charge in [0.1, 0.15) is 0 Å². The second-order valence-corrected chi connectivity index (χ2v) is 37.6. The first-order chi connectivity index (χ1) is 52.6. The van der Waals surface area contributed by atoms with Crippen LogP contribution in [0.15, 0.2) is 137 Å². The number of primary amides is 2. The van der Waals surface area contributed by atoms with Gasteiger partial charge in [-0.1, -0.05) is 145 Å². The van der Waals surface area contributed by atoms with Crippen LogP contribution in [0.1, 0.15) is 179 Å². The zero-order valence-electron chi connectivity index (χ0n) is 66.0. The van der Waals surface area contributed by atoms with E-state index in [4.69, 9.17) is 67.8 Å². The molecular weight excluding hydrogens is 1610 g/mol. The highest BCUT2D eigenvalue weighted by atomic mass is 79.9. The summed E-state index contributed by atoms with van der Waals surface area (Å²) >= 11 is 32.1. The number of piperazine rings is 3. The van der Waals surface area contributed by atoms with E-state index >= 15 is 0 Å². The smallest absolute Gasteiger partial charge is 0.314 e. The van der Waals surface area contributed by atoms with Crippen molar-refractivity contribution in [1.82, 2.24) is 59.1 Å². The fourth-order valence-corrected chi connectivity index (χ4v) is 17.8. The number of amides is 8. The minimum Gasteiger partial charge on any atom is -0.351 e. The second kappa shape index (κ2) is 38.8. The molecule has 0 saturated carbocycles. The normalized spacial score (nSPS) is 20.6. The van der Waals surface area contributed by atoms with Crippen molar-refractivity contribution in [3.05, 3.63) is 191 Å². The molecular formula is C85H112Br2Cl4N14O6. The molecule has 6 aromatic rings. The van der Waals surface area contributed by atoms with Gasteiger partial charge in [-0.25, -0.2) is 9.59 Å². The van der Waals surface area contributed by atoms with Crippen molar-refractivity contribution in [3.8, 4) is 0 Å². The average molecular weight is 1730 g/mol. The van der Waals surface area contributed by atoms with Crippen molar-refractivity contribution in [2.75, 3.05) is 98.2 Å². The Morgan fingerprint density at radius 1 is 0.414 bits per heavy atom. The summed E-state index contributed by atoms with van der Waals surface area (Å²) in [4.78, 5) is 108. The van der Waals surface area contributed by atoms with Gasteiger partial charge in [-0.3, -0.25) is 48.8 Å². The lowest BCUT2D eigenvalue weighted by Gasteiger charge is -2.49. The molecule has 8 amide bonds. The summed E-state index contributed by atoms with van der Waals surface area (Å²) in [6.07, 6.45) is 12.2. The molecule has 3 aromatic carbocycles. The SMILES string of the molecule is CC(=O)N1CCC(CC(=O)N2CCN(C(c3ccc(Cl)cc3)c3ccc(Br)cn3)C[C@@H]2C(C)(C)C)CC1.CC(C)(C)[C@H]1CN(C(c2ccc(Cl)c(Cl)c2)c2ccccn2)CCN1C(=O)CC1CCN(C(N)=O)CC1.CC(C)(C)[C@H]1CN(C(c2ccc(Cl)cc2)c2ccc(Br)cn2)CCN1C(=O)CC1CCN(C(N)=O)CC1. The molecule has 6 fully saturated rings. The molecule has 12 rings (SSSR count). The summed E-state index contributed by atoms with van der Waals surface area (Å²) in [6.45, 7) is 32.0. The number of aromatic nitrogens is 3. The molecule has 3 aromatic heterocycles. The van der Waals surface area contributed by atoms with Crippen LogP contribution in [0.2, 0.25) is 20.1 Å². The number of benzene rings is 3. The minimum atomic E-state index is -0.377. The van der Waals surface area contributed by atoms with Crippen LogP contribution >= 0.6 is 78.3 Å². The van der Waals surface area contributed by atoms with Gasteiger partial charge in [-0.05, 0) is 194 Å². The number of hydrogen-bond donors (Lipinski definition) is 2. The van der Waals surface area contributed by atoms with Crippen molar-refractivity contribution in [2.24, 2.45) is 45.5 Å². The molecule has 0 aliphatic carbocycles. The predicted octanol–water partition coefficient (Wildman–Crippen LogP) is 16.3. The van der Waals surface area contributed by atoms with Crippen molar-refractivity contribution in [3.63, 3.8) is 0 Å². The van der Waals surface area contributed by atoms with E-state index in [2.05, 4.69) is 165 Å². The molecule has 600 valence electrons. The number of urea groups is 2. The van der Waals surface area contributed by atoms with Gasteiger partial charge < -0.3 is 40.9 Å². The molecule has 9 heterocycles. The van der Waals surface area contributed by atoms with E-state index in [0.29, 0.717) is 91.1 Å². The first-order valence-electron chi connectivity index (χ1n) is 39.1. The molecule has 0 radical (unpaired) electrons. The monoisotopic (exact) mass is 1720 g/mol. The Labute approximate surface area is 694 Å². The molecule has 3 unspecified atom stereocenters. The lowest BCUT2D eigenvalue weighted by molar-refractivity contribution is -0.142. The van der Waals surface area contributed by atoms with Crippen molar-refractivity contribution < 1.29 is 28.8 Å². The number of hydrogen-bond acceptors (Lipinski definition) is 12. The Bertz CT molecular complexity index is 3830. The van der Waals surface area contributed by atoms with Crippen molar-refractivity contribution in [2.45, 2.75) is 163 Å². The first-order valence-corrected chi connectivity index (χ1v) is 42.2. The fourth-order valence-electron chi connectivity index (χ4n) is 16.8. The van der Waals surface area contributed by atoms with Crippen LogP contribution in [0.25, 0.3) is 0 Å². The quantitative estimate of drug-likeness (QED) is 0.0980. The number of nitrogens with zero attached hydrogens (tertiary/aromatic N) is 12. The van der Waals surface area contributed by atoms with E-state index in [0.717, 1.165) is 134 Å². The summed E-state index contributed by atoms with van der Waals surface area (Å²) in [6, 6.07) is 35.2. The maximum absolute atomic E-state index is 13.6. The number of pyridine rings is 3. The van der Waals surface area contributed by atoms with Gasteiger partial charge in [-0.2, -0.15) is 0 Å². The number of likely N-dealkylation sites (tertiary alicyclic amines) is 3. The minimum absolute atomic E-state index is 0.0247. The first kappa shape index (κ1) is 86.9. The van der Waals surface area contributed by atoms with Crippen LogP contribution in [0.3, 0.4) is 0 Å². The van der Waals surface area contributed by atoms with Gasteiger partial charge in [0.15, 0.2) is 0 Å². The predicted molar refractivity (Wildman–Crippen MR) is 449 cm³/mol. The molecule has 20 nitrogen and oxygen atoms in total. The van der Waals surface area contributed by atoms with Crippen molar-refractivity contribution >= 4 is 114 Å². The standard InChI is InChI=1S/C29H38BrClN4O2.C28H37BrClN5O2.C28H37Cl2N5O2/c1-20(36)33-13-11-21(12-14-33)17-27(37)35-16-15-34(19-26(35)29(2,3)4)28(22-5-8-24(31)9-6-22)25-10-7-23(30)18-32-25;1-28(2,3)24-18-34(14-15-35(24)25(36)16-19-10-12-33(13-11-19)27(31)37)26(20-4-7-22(30)8-5-20)23-9-6-21(29)17-32-23;1-28(2,3)24-18-34(14-15-35(24)25(36)16-19-9-12-33(13-10-19)27(31)37)26(23-6-4-5-11-32-23)20-7-8-21(29)22(30)17-20/h5-10,18,21,26,28H,11-17,19H2,1-4H3;4-9,17,19,24,26H,10-16,18H2,1-3H3,(H2,31,37);4-8,11,17,19,24,26H,9-10,12-16,18H2,1-3H3,(H2,31,37)/t26-,28?;2*24-,26?/m111/s1. The van der Waals surface area contributed by atoms with Crippen LogP contribution in [-0.4, -0.2) is 211 Å². The highest BCUT2D eigenvalue weighted by Gasteiger charge is 2.45. The van der Waals surface area contributed by atoms with Gasteiger partial charge >= 0.3 is 12.1 Å². The lowest BCUT2D eigenvalue weighted by Crippen LogP contribution is -2.60. The second-order valence-electron chi connectivity index (χ2n) is 34.0. The molecule has 26 heteroatoms. The molecule has 6 saturated heterocycles. The zero-order valence-corrected chi connectivity index (χ0v) is 72.2. The maximum Gasteiger partial charge on any atom is 0.314 e. The topological polar surface area (TPSA) is 222 Å². The summed E-state index contributed by atoms with van der Waals surface area (Å²) in [5, 5.41) is 2.46. The third-order valence-corrected chi connectivity index (χ3v) is 25.4. The fraction of sp³-hybridized carbons (Fsp3) is 0.541. The zero-order chi connectivity index (χ0) is 80.2. The van der Waals surface area contributed by atoms with Gasteiger partial charge in [0, 0.05) is 180 Å². The number of rotatable bonds is 15. The molecule has 0 bridgehead atoms. The van der Waals surface area contributed by atoms with Gasteiger partial charge in [-0.15, -0.1) is 0 Å². The third-order valence-electron chi connectivity index (χ3n) is 23.3. The number of carbonyl (C=O) groups excluding carboxylic acids is 6. The van der Waals surface area contributed by atoms with E-state index < -0.39 is 0 Å². The van der Waals surface area contributed by atoms with E-state index in [1.807, 2.05) is 96.3 Å². The highest BCUT2D eigenvalue weighted by Crippen LogP contribution is 2.42. The van der Waals surface area contributed by atoms with Crippen LogP contribution in [0, 0.1) is 34.0 Å². The lowest BCUT2D eigenvalue weighted by atomic mass is 9.82.